The van der Waals surface area contributed by atoms with Crippen molar-refractivity contribution in [3.63, 3.8) is 0 Å². The first-order chi connectivity index (χ1) is 21.5. The number of nitrogens with one attached hydrogen (secondary N) is 1. The Kier molecular flexibility index (Phi) is 8.56. The van der Waals surface area contributed by atoms with Crippen molar-refractivity contribution in [3.05, 3.63) is 47.8 Å². The maximum atomic E-state index is 13.2. The highest BCUT2D eigenvalue weighted by atomic mass is 32.2. The molecule has 0 atom stereocenters. The maximum Gasteiger partial charge on any atom is 0.303 e. The van der Waals surface area contributed by atoms with Crippen LogP contribution in [0, 0.1) is 0 Å². The standard InChI is InChI=1S/C31H41N7O5S/c39-28(34-44(40,41)37-15-19-43-20-16-37)22-24-21-27(36-11-9-25(10-12-36)35-13-17-42-18-14-35)29-30(23-5-4-6-23)33-38(31(29)32-24)26-7-2-1-3-8-26/h1-3,7-8,21,23,25H,4-6,9-20,22H2,(H,34,39). The Morgan fingerprint density at radius 3 is 2.25 bits per heavy atom. The summed E-state index contributed by atoms with van der Waals surface area (Å²) in [6, 6.07) is 12.5. The highest BCUT2D eigenvalue weighted by Crippen LogP contribution is 2.43. The van der Waals surface area contributed by atoms with Crippen LogP contribution in [0.25, 0.3) is 16.7 Å². The van der Waals surface area contributed by atoms with E-state index in [1.807, 2.05) is 41.1 Å². The van der Waals surface area contributed by atoms with Gasteiger partial charge in [0.15, 0.2) is 5.65 Å². The van der Waals surface area contributed by atoms with Crippen molar-refractivity contribution in [2.45, 2.75) is 50.5 Å². The minimum atomic E-state index is -3.96. The molecule has 0 spiro atoms. The van der Waals surface area contributed by atoms with E-state index in [-0.39, 0.29) is 19.5 Å². The summed E-state index contributed by atoms with van der Waals surface area (Å²) in [4.78, 5) is 23.2. The number of morpholine rings is 2. The van der Waals surface area contributed by atoms with Crippen LogP contribution < -0.4 is 9.62 Å². The molecule has 1 aliphatic carbocycles. The van der Waals surface area contributed by atoms with E-state index in [1.54, 1.807) is 0 Å². The van der Waals surface area contributed by atoms with E-state index >= 15 is 0 Å². The number of benzene rings is 1. The summed E-state index contributed by atoms with van der Waals surface area (Å²) in [7, 11) is -3.96. The monoisotopic (exact) mass is 623 g/mol. The number of aromatic nitrogens is 3. The first-order valence-electron chi connectivity index (χ1n) is 15.9. The zero-order chi connectivity index (χ0) is 30.1. The lowest BCUT2D eigenvalue weighted by molar-refractivity contribution is -0.118. The van der Waals surface area contributed by atoms with Gasteiger partial charge < -0.3 is 14.4 Å². The minimum absolute atomic E-state index is 0.157. The molecule has 4 fully saturated rings. The number of piperidine rings is 1. The Hall–Kier alpha value is -3.10. The van der Waals surface area contributed by atoms with Crippen molar-refractivity contribution in [1.82, 2.24) is 28.7 Å². The predicted molar refractivity (Wildman–Crippen MR) is 166 cm³/mol. The van der Waals surface area contributed by atoms with Crippen LogP contribution in [0.15, 0.2) is 36.4 Å². The Labute approximate surface area is 258 Å². The molecule has 0 radical (unpaired) electrons. The molecule has 2 aromatic heterocycles. The van der Waals surface area contributed by atoms with E-state index in [9.17, 15) is 13.2 Å². The zero-order valence-corrected chi connectivity index (χ0v) is 25.9. The molecule has 3 saturated heterocycles. The largest absolute Gasteiger partial charge is 0.379 e. The number of fused-ring (bicyclic) bond motifs is 1. The van der Waals surface area contributed by atoms with E-state index in [2.05, 4.69) is 14.5 Å². The van der Waals surface area contributed by atoms with Crippen molar-refractivity contribution in [1.29, 1.82) is 0 Å². The van der Waals surface area contributed by atoms with Crippen LogP contribution in [-0.2, 0) is 30.9 Å². The van der Waals surface area contributed by atoms with Gasteiger partial charge in [0.1, 0.15) is 0 Å². The molecule has 1 aromatic carbocycles. The van der Waals surface area contributed by atoms with E-state index in [4.69, 9.17) is 19.6 Å². The van der Waals surface area contributed by atoms with Crippen LogP contribution in [0.3, 0.4) is 0 Å². The number of carbonyl (C=O) groups is 1. The molecule has 3 aliphatic heterocycles. The summed E-state index contributed by atoms with van der Waals surface area (Å²) in [5, 5.41) is 6.21. The average Bonchev–Trinajstić information content (AvgIpc) is 3.39. The van der Waals surface area contributed by atoms with Crippen LogP contribution in [0.2, 0.25) is 0 Å². The van der Waals surface area contributed by atoms with Gasteiger partial charge in [-0.25, -0.2) is 14.4 Å². The van der Waals surface area contributed by atoms with Gasteiger partial charge >= 0.3 is 10.2 Å². The number of hydrogen-bond donors (Lipinski definition) is 1. The molecule has 4 aliphatic rings. The summed E-state index contributed by atoms with van der Waals surface area (Å²) >= 11 is 0. The molecule has 1 amide bonds. The van der Waals surface area contributed by atoms with E-state index in [0.29, 0.717) is 36.5 Å². The second-order valence-electron chi connectivity index (χ2n) is 12.2. The van der Waals surface area contributed by atoms with E-state index in [1.165, 1.54) is 10.7 Å². The number of carbonyl (C=O) groups excluding carboxylic acids is 1. The molecule has 1 saturated carbocycles. The highest BCUT2D eigenvalue weighted by Gasteiger charge is 2.33. The molecule has 44 heavy (non-hydrogen) atoms. The van der Waals surface area contributed by atoms with Gasteiger partial charge in [-0.15, -0.1) is 0 Å². The fourth-order valence-corrected chi connectivity index (χ4v) is 7.96. The van der Waals surface area contributed by atoms with Gasteiger partial charge in [0.05, 0.1) is 61.0 Å². The second kappa shape index (κ2) is 12.7. The van der Waals surface area contributed by atoms with Gasteiger partial charge in [-0.2, -0.15) is 17.8 Å². The third kappa shape index (κ3) is 6.08. The van der Waals surface area contributed by atoms with Gasteiger partial charge in [-0.05, 0) is 43.9 Å². The topological polar surface area (TPSA) is 122 Å². The lowest BCUT2D eigenvalue weighted by Crippen LogP contribution is -2.49. The number of rotatable bonds is 8. The predicted octanol–water partition coefficient (Wildman–Crippen LogP) is 2.22. The average molecular weight is 624 g/mol. The lowest BCUT2D eigenvalue weighted by atomic mass is 9.82. The van der Waals surface area contributed by atoms with E-state index in [0.717, 1.165) is 87.5 Å². The van der Waals surface area contributed by atoms with E-state index < -0.39 is 16.1 Å². The molecule has 7 rings (SSSR count). The van der Waals surface area contributed by atoms with Crippen molar-refractivity contribution in [2.75, 3.05) is 70.6 Å². The summed E-state index contributed by atoms with van der Waals surface area (Å²) < 4.78 is 42.1. The number of para-hydroxylation sites is 1. The Morgan fingerprint density at radius 2 is 1.59 bits per heavy atom. The van der Waals surface area contributed by atoms with Crippen LogP contribution >= 0.6 is 0 Å². The number of ether oxygens (including phenoxy) is 2. The molecule has 0 bridgehead atoms. The first-order valence-corrected chi connectivity index (χ1v) is 17.3. The Morgan fingerprint density at radius 1 is 0.909 bits per heavy atom. The number of hydrogen-bond acceptors (Lipinski definition) is 9. The molecule has 3 aromatic rings. The maximum absolute atomic E-state index is 13.2. The molecule has 13 heteroatoms. The molecule has 0 unspecified atom stereocenters. The number of amides is 1. The third-order valence-corrected chi connectivity index (χ3v) is 11.0. The number of pyridine rings is 1. The minimum Gasteiger partial charge on any atom is -0.379 e. The summed E-state index contributed by atoms with van der Waals surface area (Å²) in [6.07, 6.45) is 5.32. The van der Waals surface area contributed by atoms with Gasteiger partial charge in [0.25, 0.3) is 0 Å². The van der Waals surface area contributed by atoms with Crippen molar-refractivity contribution >= 4 is 32.8 Å². The first kappa shape index (κ1) is 29.6. The molecule has 5 heterocycles. The van der Waals surface area contributed by atoms with Crippen LogP contribution in [0.1, 0.15) is 49.4 Å². The van der Waals surface area contributed by atoms with Gasteiger partial charge in [-0.1, -0.05) is 24.6 Å². The third-order valence-electron chi connectivity index (χ3n) is 9.45. The fraction of sp³-hybridized carbons (Fsp3) is 0.581. The van der Waals surface area contributed by atoms with Gasteiger partial charge in [-0.3, -0.25) is 9.69 Å². The molecular formula is C31H41N7O5S. The van der Waals surface area contributed by atoms with Crippen molar-refractivity contribution in [3.8, 4) is 5.69 Å². The number of anilines is 1. The second-order valence-corrected chi connectivity index (χ2v) is 13.8. The zero-order valence-electron chi connectivity index (χ0n) is 25.1. The normalized spacial score (nSPS) is 21.4. The van der Waals surface area contributed by atoms with Crippen LogP contribution in [0.5, 0.6) is 0 Å². The molecule has 1 N–H and O–H groups in total. The molecule has 236 valence electrons. The smallest absolute Gasteiger partial charge is 0.303 e. The lowest BCUT2D eigenvalue weighted by Gasteiger charge is -2.41. The van der Waals surface area contributed by atoms with Gasteiger partial charge in [0, 0.05) is 51.2 Å². The summed E-state index contributed by atoms with van der Waals surface area (Å²) in [5.74, 6) is -0.230. The Bertz CT molecular complexity index is 1570. The Balaban J connectivity index is 1.23. The fourth-order valence-electron chi connectivity index (χ4n) is 6.84. The van der Waals surface area contributed by atoms with Crippen LogP contribution in [0.4, 0.5) is 5.69 Å². The summed E-state index contributed by atoms with van der Waals surface area (Å²) in [5.41, 5.74) is 4.25. The summed E-state index contributed by atoms with van der Waals surface area (Å²) in [6.45, 7) is 6.38. The van der Waals surface area contributed by atoms with Crippen molar-refractivity contribution < 1.29 is 22.7 Å². The quantitative estimate of drug-likeness (QED) is 0.403. The van der Waals surface area contributed by atoms with Crippen LogP contribution in [-0.4, -0.2) is 110 Å². The van der Waals surface area contributed by atoms with Gasteiger partial charge in [0.2, 0.25) is 5.91 Å². The highest BCUT2D eigenvalue weighted by molar-refractivity contribution is 7.87. The number of nitrogens with zero attached hydrogens (tertiary/aromatic N) is 6. The molecule has 12 nitrogen and oxygen atoms in total. The SMILES string of the molecule is O=C(Cc1cc(N2CCC(N3CCOCC3)CC2)c2c(C3CCC3)nn(-c3ccccc3)c2n1)NS(=O)(=O)N1CCOCC1. The van der Waals surface area contributed by atoms with Crippen molar-refractivity contribution in [2.24, 2.45) is 0 Å². The molecular weight excluding hydrogens is 582 g/mol.